The summed E-state index contributed by atoms with van der Waals surface area (Å²) in [7, 11) is 0. The second kappa shape index (κ2) is 11.7. The lowest BCUT2D eigenvalue weighted by Gasteiger charge is -2.42. The van der Waals surface area contributed by atoms with E-state index in [-0.39, 0.29) is 35.3 Å². The summed E-state index contributed by atoms with van der Waals surface area (Å²) in [6.07, 6.45) is -2.71. The van der Waals surface area contributed by atoms with E-state index in [0.717, 1.165) is 12.1 Å². The first-order valence-electron chi connectivity index (χ1n) is 13.2. The highest BCUT2D eigenvalue weighted by molar-refractivity contribution is 6.30. The van der Waals surface area contributed by atoms with Crippen molar-refractivity contribution in [3.63, 3.8) is 0 Å². The summed E-state index contributed by atoms with van der Waals surface area (Å²) in [5, 5.41) is 3.08. The number of hydrogen-bond acceptors (Lipinski definition) is 5. The standard InChI is InChI=1S/C29H27ClF5N5O2/c1-3-24-27(40-16-19(30)4-9-26(40)37-24)28(41)36-14-18-12-23(32)25(13-22(18)31)38-10-11-39(17(2)15-38)20-5-7-21(8-6-20)42-29(33,34)35/h4-9,12-13,16-17H,3,10-11,14-15H2,1-2H3,(H,36,41)/t17-/m0/s1. The molecule has 222 valence electrons. The van der Waals surface area contributed by atoms with Gasteiger partial charge in [0.05, 0.1) is 16.4 Å². The SMILES string of the molecule is CCc1nc2ccc(Cl)cn2c1C(=O)NCc1cc(F)c(N2CCN(c3ccc(OC(F)(F)F)cc3)[C@@H](C)C2)cc1F. The number of piperazine rings is 1. The lowest BCUT2D eigenvalue weighted by Crippen LogP contribution is -2.52. The number of rotatable bonds is 7. The predicted molar refractivity (Wildman–Crippen MR) is 149 cm³/mol. The molecule has 1 atom stereocenters. The second-order valence-corrected chi connectivity index (χ2v) is 10.4. The first-order valence-corrected chi connectivity index (χ1v) is 13.6. The molecule has 7 nitrogen and oxygen atoms in total. The van der Waals surface area contributed by atoms with Crippen LogP contribution in [-0.4, -0.2) is 47.3 Å². The molecule has 0 spiro atoms. The lowest BCUT2D eigenvalue weighted by molar-refractivity contribution is -0.274. The van der Waals surface area contributed by atoms with Gasteiger partial charge in [0.2, 0.25) is 0 Å². The number of anilines is 2. The number of aromatic nitrogens is 2. The Labute approximate surface area is 243 Å². The Bertz CT molecular complexity index is 1610. The average Bonchev–Trinajstić information content (AvgIpc) is 3.30. The number of imidazole rings is 1. The Morgan fingerprint density at radius 3 is 2.50 bits per heavy atom. The van der Waals surface area contributed by atoms with Crippen LogP contribution in [0.4, 0.5) is 33.3 Å². The van der Waals surface area contributed by atoms with Crippen molar-refractivity contribution in [3.05, 3.63) is 88.3 Å². The summed E-state index contributed by atoms with van der Waals surface area (Å²) in [6.45, 7) is 4.65. The van der Waals surface area contributed by atoms with Crippen LogP contribution >= 0.6 is 11.6 Å². The molecule has 0 radical (unpaired) electrons. The largest absolute Gasteiger partial charge is 0.573 e. The monoisotopic (exact) mass is 607 g/mol. The summed E-state index contributed by atoms with van der Waals surface area (Å²) < 4.78 is 73.2. The van der Waals surface area contributed by atoms with Crippen molar-refractivity contribution in [2.24, 2.45) is 0 Å². The van der Waals surface area contributed by atoms with E-state index < -0.39 is 23.9 Å². The first kappa shape index (κ1) is 29.4. The third-order valence-corrected chi connectivity index (χ3v) is 7.35. The highest BCUT2D eigenvalue weighted by Crippen LogP contribution is 2.30. The van der Waals surface area contributed by atoms with Crippen LogP contribution in [-0.2, 0) is 13.0 Å². The van der Waals surface area contributed by atoms with Gasteiger partial charge in [-0.25, -0.2) is 13.8 Å². The van der Waals surface area contributed by atoms with Gasteiger partial charge in [-0.1, -0.05) is 18.5 Å². The van der Waals surface area contributed by atoms with Gasteiger partial charge in [-0.15, -0.1) is 13.2 Å². The van der Waals surface area contributed by atoms with E-state index >= 15 is 8.78 Å². The molecule has 0 aliphatic carbocycles. The third kappa shape index (κ3) is 6.23. The molecule has 4 aromatic rings. The highest BCUT2D eigenvalue weighted by atomic mass is 35.5. The maximum atomic E-state index is 15.2. The van der Waals surface area contributed by atoms with Gasteiger partial charge >= 0.3 is 6.36 Å². The van der Waals surface area contributed by atoms with E-state index in [9.17, 15) is 18.0 Å². The van der Waals surface area contributed by atoms with Crippen molar-refractivity contribution in [2.75, 3.05) is 29.4 Å². The Kier molecular flexibility index (Phi) is 8.18. The molecule has 1 fully saturated rings. The topological polar surface area (TPSA) is 62.1 Å². The number of alkyl halides is 3. The van der Waals surface area contributed by atoms with Crippen LogP contribution in [0, 0.1) is 11.6 Å². The van der Waals surface area contributed by atoms with Gasteiger partial charge < -0.3 is 19.9 Å². The fraction of sp³-hybridized carbons (Fsp3) is 0.310. The van der Waals surface area contributed by atoms with Crippen LogP contribution < -0.4 is 19.9 Å². The van der Waals surface area contributed by atoms with E-state index in [2.05, 4.69) is 15.0 Å². The van der Waals surface area contributed by atoms with Crippen LogP contribution in [0.1, 0.15) is 35.6 Å². The van der Waals surface area contributed by atoms with Crippen molar-refractivity contribution in [3.8, 4) is 5.75 Å². The number of amides is 1. The molecule has 2 aromatic heterocycles. The molecule has 42 heavy (non-hydrogen) atoms. The molecule has 0 unspecified atom stereocenters. The molecule has 0 bridgehead atoms. The minimum atomic E-state index is -4.77. The van der Waals surface area contributed by atoms with E-state index in [0.29, 0.717) is 48.1 Å². The number of nitrogens with zero attached hydrogens (tertiary/aromatic N) is 4. The van der Waals surface area contributed by atoms with Crippen molar-refractivity contribution in [2.45, 2.75) is 39.2 Å². The molecule has 1 amide bonds. The number of aryl methyl sites for hydroxylation is 1. The maximum absolute atomic E-state index is 15.2. The van der Waals surface area contributed by atoms with Gasteiger partial charge in [0.1, 0.15) is 28.7 Å². The number of pyridine rings is 1. The molecular formula is C29H27ClF5N5O2. The number of carbonyl (C=O) groups excluding carboxylic acids is 1. The number of nitrogens with one attached hydrogen (secondary N) is 1. The number of benzene rings is 2. The van der Waals surface area contributed by atoms with Crippen LogP contribution in [0.2, 0.25) is 5.02 Å². The fourth-order valence-corrected chi connectivity index (χ4v) is 5.33. The van der Waals surface area contributed by atoms with Crippen molar-refractivity contribution >= 4 is 34.5 Å². The summed E-state index contributed by atoms with van der Waals surface area (Å²) in [5.74, 6) is -2.11. The highest BCUT2D eigenvalue weighted by Gasteiger charge is 2.31. The van der Waals surface area contributed by atoms with Crippen LogP contribution in [0.15, 0.2) is 54.7 Å². The van der Waals surface area contributed by atoms with Gasteiger partial charge in [-0.3, -0.25) is 9.20 Å². The molecule has 1 saturated heterocycles. The van der Waals surface area contributed by atoms with Crippen molar-refractivity contribution < 1.29 is 31.5 Å². The van der Waals surface area contributed by atoms with Gasteiger partial charge in [-0.2, -0.15) is 0 Å². The van der Waals surface area contributed by atoms with Gasteiger partial charge in [0.25, 0.3) is 5.91 Å². The van der Waals surface area contributed by atoms with Crippen molar-refractivity contribution in [1.29, 1.82) is 0 Å². The number of ether oxygens (including phenoxy) is 1. The number of hydrogen-bond donors (Lipinski definition) is 1. The number of fused-ring (bicyclic) bond motifs is 1. The van der Waals surface area contributed by atoms with E-state index in [4.69, 9.17) is 11.6 Å². The third-order valence-electron chi connectivity index (χ3n) is 7.13. The van der Waals surface area contributed by atoms with Crippen LogP contribution in [0.25, 0.3) is 5.65 Å². The summed E-state index contributed by atoms with van der Waals surface area (Å²) in [6, 6.07) is 10.9. The first-order chi connectivity index (χ1) is 19.9. The normalized spacial score (nSPS) is 15.8. The van der Waals surface area contributed by atoms with Gasteiger partial charge in [0, 0.05) is 55.7 Å². The maximum Gasteiger partial charge on any atom is 0.573 e. The van der Waals surface area contributed by atoms with Gasteiger partial charge in [-0.05, 0) is 55.8 Å². The summed E-state index contributed by atoms with van der Waals surface area (Å²) in [5.41, 5.74) is 2.14. The predicted octanol–water partition coefficient (Wildman–Crippen LogP) is 6.37. The smallest absolute Gasteiger partial charge is 0.406 e. The summed E-state index contributed by atoms with van der Waals surface area (Å²) >= 11 is 6.09. The zero-order valence-corrected chi connectivity index (χ0v) is 23.4. The molecule has 0 saturated carbocycles. The van der Waals surface area contributed by atoms with E-state index in [1.165, 1.54) is 24.3 Å². The average molecular weight is 608 g/mol. The van der Waals surface area contributed by atoms with E-state index in [1.807, 2.05) is 18.7 Å². The van der Waals surface area contributed by atoms with Crippen LogP contribution in [0.5, 0.6) is 5.75 Å². The van der Waals surface area contributed by atoms with E-state index in [1.54, 1.807) is 27.6 Å². The Balaban J connectivity index is 1.25. The minimum Gasteiger partial charge on any atom is -0.406 e. The molecule has 5 rings (SSSR count). The quantitative estimate of drug-likeness (QED) is 0.247. The summed E-state index contributed by atoms with van der Waals surface area (Å²) in [4.78, 5) is 21.2. The van der Waals surface area contributed by atoms with Crippen molar-refractivity contribution in [1.82, 2.24) is 14.7 Å². The lowest BCUT2D eigenvalue weighted by atomic mass is 10.1. The molecule has 3 heterocycles. The molecule has 13 heteroatoms. The fourth-order valence-electron chi connectivity index (χ4n) is 5.17. The number of halogens is 6. The second-order valence-electron chi connectivity index (χ2n) is 9.94. The zero-order chi connectivity index (χ0) is 30.2. The Morgan fingerprint density at radius 1 is 1.10 bits per heavy atom. The molecule has 1 N–H and O–H groups in total. The Morgan fingerprint density at radius 2 is 1.83 bits per heavy atom. The molecule has 2 aromatic carbocycles. The van der Waals surface area contributed by atoms with Gasteiger partial charge in [0.15, 0.2) is 0 Å². The Hall–Kier alpha value is -4.06. The molecular weight excluding hydrogens is 581 g/mol. The van der Waals surface area contributed by atoms with Crippen LogP contribution in [0.3, 0.4) is 0 Å². The minimum absolute atomic E-state index is 0.0117. The zero-order valence-electron chi connectivity index (χ0n) is 22.7. The number of carbonyl (C=O) groups is 1. The molecule has 1 aliphatic rings. The molecule has 1 aliphatic heterocycles.